The zero-order valence-corrected chi connectivity index (χ0v) is 25.5. The van der Waals surface area contributed by atoms with E-state index in [9.17, 15) is 17.6 Å². The number of carbonyl (C=O) groups is 1. The van der Waals surface area contributed by atoms with Gasteiger partial charge in [0.05, 0.1) is 28.5 Å². The van der Waals surface area contributed by atoms with Crippen LogP contribution in [0.4, 0.5) is 14.5 Å². The predicted molar refractivity (Wildman–Crippen MR) is 169 cm³/mol. The second kappa shape index (κ2) is 11.7. The van der Waals surface area contributed by atoms with Crippen molar-refractivity contribution in [1.82, 2.24) is 35.1 Å². The molecular weight excluding hydrogens is 614 g/mol. The number of carbonyl (C=O) groups excluding carboxylic acids is 1. The molecule has 1 fully saturated rings. The van der Waals surface area contributed by atoms with E-state index in [-0.39, 0.29) is 52.1 Å². The van der Waals surface area contributed by atoms with Crippen LogP contribution in [0.2, 0.25) is 0 Å². The van der Waals surface area contributed by atoms with Gasteiger partial charge in [-0.25, -0.2) is 32.2 Å². The number of nitrogens with zero attached hydrogens (tertiary/aromatic N) is 5. The summed E-state index contributed by atoms with van der Waals surface area (Å²) in [6.07, 6.45) is 11.0. The normalized spacial score (nSPS) is 14.0. The number of rotatable bonds is 8. The van der Waals surface area contributed by atoms with Crippen LogP contribution in [-0.2, 0) is 21.1 Å². The highest BCUT2D eigenvalue weighted by atomic mass is 32.2. The number of H-pyrrole nitrogens is 2. The van der Waals surface area contributed by atoms with Crippen molar-refractivity contribution in [2.45, 2.75) is 32.1 Å². The second-order valence-electron chi connectivity index (χ2n) is 11.6. The van der Waals surface area contributed by atoms with Gasteiger partial charge in [0.1, 0.15) is 27.2 Å². The highest BCUT2D eigenvalue weighted by Crippen LogP contribution is 2.35. The number of aromatic amines is 2. The molecule has 5 heterocycles. The quantitative estimate of drug-likeness (QED) is 0.193. The van der Waals surface area contributed by atoms with Gasteiger partial charge in [0.2, 0.25) is 5.91 Å². The first-order valence-electron chi connectivity index (χ1n) is 14.7. The molecule has 46 heavy (non-hydrogen) atoms. The maximum absolute atomic E-state index is 16.3. The third-order valence-corrected chi connectivity index (χ3v) is 9.17. The maximum Gasteiger partial charge on any atom is 0.227 e. The van der Waals surface area contributed by atoms with Crippen molar-refractivity contribution in [2.75, 3.05) is 17.3 Å². The Morgan fingerprint density at radius 2 is 1.83 bits per heavy atom. The fourth-order valence-corrected chi connectivity index (χ4v) is 6.54. The van der Waals surface area contributed by atoms with Crippen molar-refractivity contribution in [3.05, 3.63) is 72.3 Å². The minimum atomic E-state index is -3.24. The zero-order chi connectivity index (χ0) is 32.0. The van der Waals surface area contributed by atoms with Gasteiger partial charge in [-0.3, -0.25) is 14.9 Å². The molecule has 0 unspecified atom stereocenters. The third-order valence-electron chi connectivity index (χ3n) is 8.22. The summed E-state index contributed by atoms with van der Waals surface area (Å²) in [6.45, 7) is 0. The Bertz CT molecular complexity index is 2240. The Morgan fingerprint density at radius 1 is 1.00 bits per heavy atom. The molecule has 1 saturated carbocycles. The average Bonchev–Trinajstić information content (AvgIpc) is 3.80. The molecule has 1 aliphatic carbocycles. The predicted octanol–water partition coefficient (Wildman–Crippen LogP) is 5.62. The van der Waals surface area contributed by atoms with E-state index < -0.39 is 21.5 Å². The van der Waals surface area contributed by atoms with Crippen molar-refractivity contribution < 1.29 is 22.0 Å². The Morgan fingerprint density at radius 3 is 2.63 bits per heavy atom. The minimum Gasteiger partial charge on any atom is -0.335 e. The number of halogens is 2. The molecule has 1 amide bonds. The number of imidazole rings is 1. The molecule has 14 heteroatoms. The van der Waals surface area contributed by atoms with Gasteiger partial charge in [-0.1, -0.05) is 18.9 Å². The average molecular weight is 643 g/mol. The smallest absolute Gasteiger partial charge is 0.227 e. The Hall–Kier alpha value is -5.11. The van der Waals surface area contributed by atoms with Crippen molar-refractivity contribution in [3.8, 4) is 33.8 Å². The van der Waals surface area contributed by atoms with E-state index in [1.807, 2.05) is 0 Å². The second-order valence-corrected chi connectivity index (χ2v) is 13.8. The molecule has 234 valence electrons. The van der Waals surface area contributed by atoms with E-state index in [0.29, 0.717) is 39.1 Å². The van der Waals surface area contributed by atoms with E-state index in [1.165, 1.54) is 36.9 Å². The molecule has 0 bridgehead atoms. The zero-order valence-electron chi connectivity index (χ0n) is 24.6. The fourth-order valence-electron chi connectivity index (χ4n) is 5.93. The van der Waals surface area contributed by atoms with Crippen LogP contribution in [0.3, 0.4) is 0 Å². The molecule has 1 aromatic carbocycles. The maximum atomic E-state index is 16.3. The van der Waals surface area contributed by atoms with Gasteiger partial charge in [0.25, 0.3) is 0 Å². The van der Waals surface area contributed by atoms with Gasteiger partial charge in [0.15, 0.2) is 17.1 Å². The van der Waals surface area contributed by atoms with Crippen LogP contribution in [0, 0.1) is 17.6 Å². The molecule has 0 atom stereocenters. The molecule has 0 spiro atoms. The number of hydrogen-bond acceptors (Lipinski definition) is 8. The molecular formula is C32H28F2N8O3S. The molecule has 0 aliphatic heterocycles. The van der Waals surface area contributed by atoms with Crippen molar-refractivity contribution in [2.24, 2.45) is 5.92 Å². The SMILES string of the molecule is CS(=O)(=O)CCc1cc(F)cc(-c2ccnc3nc(-c4[nH]nc5ncc(-c6cncc(NC(=O)C7CCCC7)c6)c(F)c45)[nH]c23)c1. The number of amides is 1. The first kappa shape index (κ1) is 29.6. The molecule has 1 aliphatic rings. The lowest BCUT2D eigenvalue weighted by atomic mass is 10.0. The van der Waals surface area contributed by atoms with E-state index in [0.717, 1.165) is 31.9 Å². The van der Waals surface area contributed by atoms with Crippen LogP contribution in [0.1, 0.15) is 31.2 Å². The summed E-state index contributed by atoms with van der Waals surface area (Å²) in [6, 6.07) is 7.73. The fraction of sp³-hybridized carbons (Fsp3) is 0.250. The number of nitrogens with one attached hydrogen (secondary N) is 3. The molecule has 11 nitrogen and oxygen atoms in total. The Kier molecular flexibility index (Phi) is 7.51. The van der Waals surface area contributed by atoms with E-state index >= 15 is 4.39 Å². The monoisotopic (exact) mass is 642 g/mol. The summed E-state index contributed by atoms with van der Waals surface area (Å²) in [7, 11) is -3.24. The van der Waals surface area contributed by atoms with Gasteiger partial charge in [-0.05, 0) is 54.7 Å². The number of sulfone groups is 1. The topological polar surface area (TPSA) is 159 Å². The first-order valence-corrected chi connectivity index (χ1v) is 16.8. The number of hydrogen-bond donors (Lipinski definition) is 3. The number of aryl methyl sites for hydroxylation is 1. The largest absolute Gasteiger partial charge is 0.335 e. The van der Waals surface area contributed by atoms with Crippen LogP contribution in [0.25, 0.3) is 56.0 Å². The summed E-state index contributed by atoms with van der Waals surface area (Å²) >= 11 is 0. The van der Waals surface area contributed by atoms with Crippen LogP contribution in [-0.4, -0.2) is 61.5 Å². The van der Waals surface area contributed by atoms with Gasteiger partial charge in [-0.15, -0.1) is 0 Å². The Labute approximate surface area is 261 Å². The molecule has 0 saturated heterocycles. The summed E-state index contributed by atoms with van der Waals surface area (Å²) < 4.78 is 54.3. The van der Waals surface area contributed by atoms with Gasteiger partial charge in [0, 0.05) is 47.5 Å². The first-order chi connectivity index (χ1) is 22.1. The molecule has 5 aromatic heterocycles. The highest BCUT2D eigenvalue weighted by Gasteiger charge is 2.24. The number of pyridine rings is 3. The van der Waals surface area contributed by atoms with Crippen molar-refractivity contribution in [3.63, 3.8) is 0 Å². The molecule has 0 radical (unpaired) electrons. The molecule has 3 N–H and O–H groups in total. The van der Waals surface area contributed by atoms with E-state index in [2.05, 4.69) is 40.4 Å². The van der Waals surface area contributed by atoms with Crippen LogP contribution in [0.15, 0.2) is 55.1 Å². The number of aromatic nitrogens is 7. The standard InChI is InChI=1S/C32H28F2N8O3S/c1-46(44,45)9-7-17-10-19(12-21(33)11-17)23-6-8-36-30-27(23)39-31(40-30)28-25-26(34)24(16-37-29(25)42-41-28)20-13-22(15-35-14-20)38-32(43)18-4-2-3-5-18/h6,8,10-16,18H,2-5,7,9H2,1H3,(H,38,43)(H,36,39,40)(H,37,41,42). The van der Waals surface area contributed by atoms with Crippen LogP contribution in [0.5, 0.6) is 0 Å². The number of fused-ring (bicyclic) bond motifs is 2. The van der Waals surface area contributed by atoms with Crippen LogP contribution < -0.4 is 5.32 Å². The summed E-state index contributed by atoms with van der Waals surface area (Å²) in [4.78, 5) is 33.3. The Balaban J connectivity index is 1.25. The summed E-state index contributed by atoms with van der Waals surface area (Å²) in [5.41, 5.74) is 3.80. The van der Waals surface area contributed by atoms with Gasteiger partial charge < -0.3 is 10.3 Å². The van der Waals surface area contributed by atoms with E-state index in [4.69, 9.17) is 0 Å². The van der Waals surface area contributed by atoms with Crippen molar-refractivity contribution in [1.29, 1.82) is 0 Å². The number of benzene rings is 1. The van der Waals surface area contributed by atoms with E-state index in [1.54, 1.807) is 18.2 Å². The number of anilines is 1. The third kappa shape index (κ3) is 5.83. The van der Waals surface area contributed by atoms with Crippen molar-refractivity contribution >= 4 is 43.6 Å². The molecule has 7 rings (SSSR count). The van der Waals surface area contributed by atoms with Gasteiger partial charge in [-0.2, -0.15) is 5.10 Å². The summed E-state index contributed by atoms with van der Waals surface area (Å²) in [5, 5.41) is 9.99. The van der Waals surface area contributed by atoms with Gasteiger partial charge >= 0.3 is 0 Å². The lowest BCUT2D eigenvalue weighted by molar-refractivity contribution is -0.119. The molecule has 6 aromatic rings. The summed E-state index contributed by atoms with van der Waals surface area (Å²) in [5.74, 6) is -1.09. The van der Waals surface area contributed by atoms with Crippen LogP contribution >= 0.6 is 0 Å². The highest BCUT2D eigenvalue weighted by molar-refractivity contribution is 7.90. The lowest BCUT2D eigenvalue weighted by Gasteiger charge is -2.11. The minimum absolute atomic E-state index is 0.0337. The lowest BCUT2D eigenvalue weighted by Crippen LogP contribution is -2.20.